The first-order chi connectivity index (χ1) is 10.0. The molecule has 2 rings (SSSR count). The molecule has 1 amide bonds. The number of amides is 1. The number of aromatic nitrogens is 1. The van der Waals surface area contributed by atoms with Crippen molar-refractivity contribution in [3.8, 4) is 0 Å². The van der Waals surface area contributed by atoms with E-state index in [-0.39, 0.29) is 10.8 Å². The number of rotatable bonds is 5. The molecule has 0 saturated carbocycles. The average Bonchev–Trinajstić information content (AvgIpc) is 2.82. The number of hydrogen-bond acceptors (Lipinski definition) is 3. The Morgan fingerprint density at radius 2 is 2.24 bits per heavy atom. The minimum Gasteiger partial charge on any atom is -0.339 e. The van der Waals surface area contributed by atoms with Gasteiger partial charge in [0.15, 0.2) is 0 Å². The Hall–Kier alpha value is -1.10. The SMILES string of the molecule is CCC(C)C1CCCCN1C(=O)CCn1c(C)csc1=O. The molecule has 4 nitrogen and oxygen atoms in total. The standard InChI is InChI=1S/C16H26N2O2S/c1-4-12(2)14-7-5-6-9-18(14)15(19)8-10-17-13(3)11-21-16(17)20/h11-12,14H,4-10H2,1-3H3. The minimum absolute atomic E-state index is 0.0393. The zero-order valence-corrected chi connectivity index (χ0v) is 14.1. The third-order valence-corrected chi connectivity index (χ3v) is 5.58. The molecule has 0 radical (unpaired) electrons. The van der Waals surface area contributed by atoms with Crippen LogP contribution in [0, 0.1) is 12.8 Å². The maximum Gasteiger partial charge on any atom is 0.307 e. The number of nitrogens with zero attached hydrogens (tertiary/aromatic N) is 2. The molecular formula is C16H26N2O2S. The monoisotopic (exact) mass is 310 g/mol. The van der Waals surface area contributed by atoms with Gasteiger partial charge in [-0.05, 0) is 32.1 Å². The number of hydrogen-bond donors (Lipinski definition) is 0. The zero-order chi connectivity index (χ0) is 15.4. The summed E-state index contributed by atoms with van der Waals surface area (Å²) in [5, 5.41) is 1.86. The van der Waals surface area contributed by atoms with Gasteiger partial charge in [-0.1, -0.05) is 31.6 Å². The van der Waals surface area contributed by atoms with Crippen LogP contribution < -0.4 is 4.87 Å². The summed E-state index contributed by atoms with van der Waals surface area (Å²) in [4.78, 5) is 26.4. The molecule has 2 unspecified atom stereocenters. The predicted molar refractivity (Wildman–Crippen MR) is 86.7 cm³/mol. The Labute approximate surface area is 130 Å². The first-order valence-electron chi connectivity index (χ1n) is 7.99. The molecule has 1 aromatic rings. The first-order valence-corrected chi connectivity index (χ1v) is 8.87. The average molecular weight is 310 g/mol. The van der Waals surface area contributed by atoms with Crippen molar-refractivity contribution in [2.75, 3.05) is 6.54 Å². The largest absolute Gasteiger partial charge is 0.339 e. The van der Waals surface area contributed by atoms with Crippen molar-refractivity contribution in [2.45, 2.75) is 65.5 Å². The van der Waals surface area contributed by atoms with Crippen molar-refractivity contribution in [2.24, 2.45) is 5.92 Å². The van der Waals surface area contributed by atoms with E-state index < -0.39 is 0 Å². The van der Waals surface area contributed by atoms with Crippen LogP contribution in [-0.4, -0.2) is 28.0 Å². The van der Waals surface area contributed by atoms with E-state index in [2.05, 4.69) is 18.7 Å². The molecule has 1 saturated heterocycles. The lowest BCUT2D eigenvalue weighted by atomic mass is 9.89. The fourth-order valence-electron chi connectivity index (χ4n) is 3.16. The molecule has 21 heavy (non-hydrogen) atoms. The third kappa shape index (κ3) is 3.76. The quantitative estimate of drug-likeness (QED) is 0.839. The van der Waals surface area contributed by atoms with Crippen molar-refractivity contribution < 1.29 is 4.79 Å². The Morgan fingerprint density at radius 3 is 2.86 bits per heavy atom. The van der Waals surface area contributed by atoms with Gasteiger partial charge in [0.2, 0.25) is 5.91 Å². The number of carbonyl (C=O) groups is 1. The van der Waals surface area contributed by atoms with Gasteiger partial charge in [-0.2, -0.15) is 0 Å². The van der Waals surface area contributed by atoms with Gasteiger partial charge in [0.25, 0.3) is 0 Å². The lowest BCUT2D eigenvalue weighted by Crippen LogP contribution is -2.47. The van der Waals surface area contributed by atoms with Crippen LogP contribution in [-0.2, 0) is 11.3 Å². The van der Waals surface area contributed by atoms with Crippen molar-refractivity contribution in [1.29, 1.82) is 0 Å². The van der Waals surface area contributed by atoms with Gasteiger partial charge in [0.05, 0.1) is 0 Å². The van der Waals surface area contributed by atoms with E-state index in [1.807, 2.05) is 12.3 Å². The molecule has 0 bridgehead atoms. The molecule has 1 fully saturated rings. The van der Waals surface area contributed by atoms with Crippen molar-refractivity contribution in [3.05, 3.63) is 20.7 Å². The summed E-state index contributed by atoms with van der Waals surface area (Å²) in [6.07, 6.45) is 5.00. The van der Waals surface area contributed by atoms with Gasteiger partial charge in [-0.15, -0.1) is 0 Å². The molecule has 1 aliphatic rings. The minimum atomic E-state index is 0.0393. The van der Waals surface area contributed by atoms with Crippen LogP contribution in [0.3, 0.4) is 0 Å². The topological polar surface area (TPSA) is 42.3 Å². The van der Waals surface area contributed by atoms with Gasteiger partial charge in [0, 0.05) is 36.6 Å². The second kappa shape index (κ2) is 7.25. The fraction of sp³-hybridized carbons (Fsp3) is 0.750. The first kappa shape index (κ1) is 16.3. The maximum atomic E-state index is 12.6. The molecule has 0 aromatic carbocycles. The fourth-order valence-corrected chi connectivity index (χ4v) is 3.92. The highest BCUT2D eigenvalue weighted by atomic mass is 32.1. The summed E-state index contributed by atoms with van der Waals surface area (Å²) in [7, 11) is 0. The molecule has 0 spiro atoms. The van der Waals surface area contributed by atoms with E-state index in [0.717, 1.165) is 31.5 Å². The van der Waals surface area contributed by atoms with E-state index in [0.29, 0.717) is 24.9 Å². The maximum absolute atomic E-state index is 12.6. The molecule has 2 heterocycles. The summed E-state index contributed by atoms with van der Waals surface area (Å²) in [5.41, 5.74) is 0.954. The van der Waals surface area contributed by atoms with E-state index >= 15 is 0 Å². The van der Waals surface area contributed by atoms with Crippen molar-refractivity contribution >= 4 is 17.2 Å². The number of carbonyl (C=O) groups excluding carboxylic acids is 1. The van der Waals surface area contributed by atoms with Crippen LogP contribution in [0.5, 0.6) is 0 Å². The lowest BCUT2D eigenvalue weighted by Gasteiger charge is -2.39. The van der Waals surface area contributed by atoms with E-state index in [1.54, 1.807) is 4.57 Å². The van der Waals surface area contributed by atoms with E-state index in [9.17, 15) is 9.59 Å². The molecule has 0 aliphatic carbocycles. The van der Waals surface area contributed by atoms with Gasteiger partial charge < -0.3 is 9.47 Å². The molecule has 1 aliphatic heterocycles. The normalized spacial score (nSPS) is 20.5. The van der Waals surface area contributed by atoms with Crippen LogP contribution in [0.2, 0.25) is 0 Å². The van der Waals surface area contributed by atoms with Crippen LogP contribution in [0.1, 0.15) is 51.6 Å². The van der Waals surface area contributed by atoms with Gasteiger partial charge in [-0.25, -0.2) is 0 Å². The highest BCUT2D eigenvalue weighted by Gasteiger charge is 2.29. The summed E-state index contributed by atoms with van der Waals surface area (Å²) < 4.78 is 1.71. The highest BCUT2D eigenvalue weighted by molar-refractivity contribution is 7.07. The third-order valence-electron chi connectivity index (χ3n) is 4.70. The van der Waals surface area contributed by atoms with Gasteiger partial charge in [0.1, 0.15) is 0 Å². The molecule has 0 N–H and O–H groups in total. The Balaban J connectivity index is 1.99. The smallest absolute Gasteiger partial charge is 0.307 e. The summed E-state index contributed by atoms with van der Waals surface area (Å²) in [6.45, 7) is 7.74. The molecule has 1 aromatic heterocycles. The molecule has 2 atom stereocenters. The number of aryl methyl sites for hydroxylation is 1. The second-order valence-corrected chi connectivity index (χ2v) is 6.90. The van der Waals surface area contributed by atoms with Crippen LogP contribution in [0.4, 0.5) is 0 Å². The summed E-state index contributed by atoms with van der Waals surface area (Å²) >= 11 is 1.21. The summed E-state index contributed by atoms with van der Waals surface area (Å²) in [5.74, 6) is 0.761. The number of piperidine rings is 1. The molecular weight excluding hydrogens is 284 g/mol. The zero-order valence-electron chi connectivity index (χ0n) is 13.3. The van der Waals surface area contributed by atoms with Crippen molar-refractivity contribution in [1.82, 2.24) is 9.47 Å². The Morgan fingerprint density at radius 1 is 1.48 bits per heavy atom. The summed E-state index contributed by atoms with van der Waals surface area (Å²) in [6, 6.07) is 0.386. The lowest BCUT2D eigenvalue weighted by molar-refractivity contribution is -0.136. The number of thiazole rings is 1. The van der Waals surface area contributed by atoms with Gasteiger partial charge >= 0.3 is 4.87 Å². The van der Waals surface area contributed by atoms with Crippen LogP contribution in [0.15, 0.2) is 10.2 Å². The van der Waals surface area contributed by atoms with Crippen LogP contribution >= 0.6 is 11.3 Å². The van der Waals surface area contributed by atoms with Gasteiger partial charge in [-0.3, -0.25) is 9.59 Å². The highest BCUT2D eigenvalue weighted by Crippen LogP contribution is 2.25. The van der Waals surface area contributed by atoms with Crippen LogP contribution in [0.25, 0.3) is 0 Å². The molecule has 118 valence electrons. The Kier molecular flexibility index (Phi) is 5.62. The second-order valence-electron chi connectivity index (χ2n) is 6.08. The number of likely N-dealkylation sites (tertiary alicyclic amines) is 1. The van der Waals surface area contributed by atoms with E-state index in [1.165, 1.54) is 17.8 Å². The Bertz CT molecular complexity index is 535. The van der Waals surface area contributed by atoms with E-state index in [4.69, 9.17) is 0 Å². The predicted octanol–water partition coefficient (Wildman–Crippen LogP) is 3.04. The van der Waals surface area contributed by atoms with Crippen molar-refractivity contribution in [3.63, 3.8) is 0 Å². The molecule has 5 heteroatoms.